The van der Waals surface area contributed by atoms with Gasteiger partial charge in [-0.05, 0) is 56.2 Å². The molecule has 0 aromatic heterocycles. The number of ether oxygens (including phenoxy) is 1. The van der Waals surface area contributed by atoms with Crippen LogP contribution >= 0.6 is 0 Å². The van der Waals surface area contributed by atoms with Crippen molar-refractivity contribution >= 4 is 15.8 Å². The Morgan fingerprint density at radius 2 is 1.66 bits per heavy atom. The van der Waals surface area contributed by atoms with Crippen LogP contribution in [0.25, 0.3) is 0 Å². The van der Waals surface area contributed by atoms with E-state index in [1.807, 2.05) is 26.0 Å². The van der Waals surface area contributed by atoms with E-state index in [-0.39, 0.29) is 10.7 Å². The molecule has 0 atom stereocenters. The number of aryl methyl sites for hydroxylation is 2. The number of piperazine rings is 1. The van der Waals surface area contributed by atoms with Crippen molar-refractivity contribution in [2.24, 2.45) is 0 Å². The van der Waals surface area contributed by atoms with Crippen LogP contribution in [0.2, 0.25) is 0 Å². The van der Waals surface area contributed by atoms with E-state index in [9.17, 15) is 13.2 Å². The highest BCUT2D eigenvalue weighted by atomic mass is 32.2. The summed E-state index contributed by atoms with van der Waals surface area (Å²) in [6, 6.07) is 12.4. The Kier molecular flexibility index (Phi) is 6.72. The molecule has 1 fully saturated rings. The summed E-state index contributed by atoms with van der Waals surface area (Å²) in [6.45, 7) is 9.01. The van der Waals surface area contributed by atoms with Crippen LogP contribution in [-0.4, -0.2) is 62.7 Å². The summed E-state index contributed by atoms with van der Waals surface area (Å²) >= 11 is 0. The Bertz CT molecular complexity index is 960. The Morgan fingerprint density at radius 3 is 2.28 bits per heavy atom. The lowest BCUT2D eigenvalue weighted by Crippen LogP contribution is -2.49. The third-order valence-electron chi connectivity index (χ3n) is 5.08. The van der Waals surface area contributed by atoms with Crippen molar-refractivity contribution in [2.45, 2.75) is 25.7 Å². The van der Waals surface area contributed by atoms with E-state index < -0.39 is 10.0 Å². The molecule has 3 rings (SSSR count). The first-order chi connectivity index (χ1) is 13.8. The number of carbonyl (C=O) groups is 1. The molecule has 0 unspecified atom stereocenters. The molecule has 1 aliphatic rings. The molecule has 1 aliphatic heterocycles. The molecule has 7 heteroatoms. The Hall–Kier alpha value is -2.22. The molecule has 0 N–H and O–H groups in total. The zero-order chi connectivity index (χ0) is 21.0. The fourth-order valence-electron chi connectivity index (χ4n) is 3.53. The van der Waals surface area contributed by atoms with Gasteiger partial charge < -0.3 is 4.74 Å². The lowest BCUT2D eigenvalue weighted by Gasteiger charge is -2.33. The summed E-state index contributed by atoms with van der Waals surface area (Å²) in [4.78, 5) is 13.9. The first-order valence-electron chi connectivity index (χ1n) is 9.80. The molecule has 2 aromatic carbocycles. The summed E-state index contributed by atoms with van der Waals surface area (Å²) in [6.07, 6.45) is 0. The number of carbonyl (C=O) groups excluding carboxylic acids is 1. The van der Waals surface area contributed by atoms with Crippen LogP contribution in [0.15, 0.2) is 47.4 Å². The number of nitrogens with zero attached hydrogens (tertiary/aromatic N) is 2. The van der Waals surface area contributed by atoms with Gasteiger partial charge in [-0.15, -0.1) is 0 Å². The van der Waals surface area contributed by atoms with E-state index >= 15 is 0 Å². The maximum Gasteiger partial charge on any atom is 0.243 e. The number of ketones is 1. The maximum atomic E-state index is 12.9. The van der Waals surface area contributed by atoms with Crippen LogP contribution in [-0.2, 0) is 10.0 Å². The van der Waals surface area contributed by atoms with Crippen molar-refractivity contribution in [3.63, 3.8) is 0 Å². The molecule has 1 saturated heterocycles. The topological polar surface area (TPSA) is 66.9 Å². The lowest BCUT2D eigenvalue weighted by molar-refractivity contribution is 0.101. The molecule has 6 nitrogen and oxygen atoms in total. The van der Waals surface area contributed by atoms with Gasteiger partial charge in [0.2, 0.25) is 10.0 Å². The molecule has 0 amide bonds. The van der Waals surface area contributed by atoms with E-state index in [2.05, 4.69) is 11.0 Å². The lowest BCUT2D eigenvalue weighted by atomic mass is 10.1. The van der Waals surface area contributed by atoms with Crippen molar-refractivity contribution in [2.75, 3.05) is 39.3 Å². The van der Waals surface area contributed by atoms with Crippen LogP contribution in [0.3, 0.4) is 0 Å². The monoisotopic (exact) mass is 416 g/mol. The van der Waals surface area contributed by atoms with E-state index in [4.69, 9.17) is 4.74 Å². The molecule has 0 radical (unpaired) electrons. The SMILES string of the molecule is CC(=O)c1cccc(S(=O)(=O)N2CCN(CCOc3cc(C)cc(C)c3)CC2)c1. The molecule has 0 bridgehead atoms. The summed E-state index contributed by atoms with van der Waals surface area (Å²) in [5, 5.41) is 0. The van der Waals surface area contributed by atoms with Gasteiger partial charge in [-0.2, -0.15) is 4.31 Å². The first kappa shape index (κ1) is 21.5. The van der Waals surface area contributed by atoms with Gasteiger partial charge in [0.25, 0.3) is 0 Å². The molecule has 29 heavy (non-hydrogen) atoms. The van der Waals surface area contributed by atoms with Crippen molar-refractivity contribution in [1.82, 2.24) is 9.21 Å². The number of sulfonamides is 1. The third kappa shape index (κ3) is 5.44. The van der Waals surface area contributed by atoms with Gasteiger partial charge in [0.15, 0.2) is 5.78 Å². The Labute approximate surface area is 173 Å². The van der Waals surface area contributed by atoms with Gasteiger partial charge >= 0.3 is 0 Å². The number of benzene rings is 2. The van der Waals surface area contributed by atoms with E-state index in [1.54, 1.807) is 18.2 Å². The second-order valence-corrected chi connectivity index (χ2v) is 9.44. The largest absolute Gasteiger partial charge is 0.492 e. The number of hydrogen-bond donors (Lipinski definition) is 0. The molecule has 0 aliphatic carbocycles. The summed E-state index contributed by atoms with van der Waals surface area (Å²) < 4.78 is 33.2. The zero-order valence-corrected chi connectivity index (χ0v) is 18.0. The standard InChI is InChI=1S/C22H28N2O4S/c1-17-13-18(2)15-21(14-17)28-12-11-23-7-9-24(10-8-23)29(26,27)22-6-4-5-20(16-22)19(3)25/h4-6,13-16H,7-12H2,1-3H3. The van der Waals surface area contributed by atoms with Crippen LogP contribution in [0.5, 0.6) is 5.75 Å². The summed E-state index contributed by atoms with van der Waals surface area (Å²) in [5.74, 6) is 0.727. The van der Waals surface area contributed by atoms with Gasteiger partial charge in [-0.25, -0.2) is 8.42 Å². The number of hydrogen-bond acceptors (Lipinski definition) is 5. The van der Waals surface area contributed by atoms with Gasteiger partial charge in [0.1, 0.15) is 12.4 Å². The summed E-state index contributed by atoms with van der Waals surface area (Å²) in [7, 11) is -3.59. The molecule has 0 spiro atoms. The maximum absolute atomic E-state index is 12.9. The second kappa shape index (κ2) is 9.07. The first-order valence-corrected chi connectivity index (χ1v) is 11.2. The molecular weight excluding hydrogens is 388 g/mol. The van der Waals surface area contributed by atoms with Crippen LogP contribution in [0, 0.1) is 13.8 Å². The van der Waals surface area contributed by atoms with Gasteiger partial charge in [0, 0.05) is 38.3 Å². The molecular formula is C22H28N2O4S. The van der Waals surface area contributed by atoms with Crippen molar-refractivity contribution < 1.29 is 17.9 Å². The highest BCUT2D eigenvalue weighted by Crippen LogP contribution is 2.20. The van der Waals surface area contributed by atoms with Crippen molar-refractivity contribution in [1.29, 1.82) is 0 Å². The predicted molar refractivity (Wildman–Crippen MR) is 113 cm³/mol. The smallest absolute Gasteiger partial charge is 0.243 e. The normalized spacial score (nSPS) is 16.0. The van der Waals surface area contributed by atoms with E-state index in [0.717, 1.165) is 12.3 Å². The van der Waals surface area contributed by atoms with E-state index in [1.165, 1.54) is 28.4 Å². The van der Waals surface area contributed by atoms with Crippen LogP contribution in [0.4, 0.5) is 0 Å². The van der Waals surface area contributed by atoms with Gasteiger partial charge in [-0.1, -0.05) is 18.2 Å². The minimum Gasteiger partial charge on any atom is -0.492 e. The minimum atomic E-state index is -3.59. The number of Topliss-reactive ketones (excluding diaryl/α,β-unsaturated/α-hetero) is 1. The van der Waals surface area contributed by atoms with Gasteiger partial charge in [-0.3, -0.25) is 9.69 Å². The average Bonchev–Trinajstić information content (AvgIpc) is 2.68. The van der Waals surface area contributed by atoms with Crippen molar-refractivity contribution in [3.8, 4) is 5.75 Å². The zero-order valence-electron chi connectivity index (χ0n) is 17.2. The molecule has 156 valence electrons. The third-order valence-corrected chi connectivity index (χ3v) is 6.98. The van der Waals surface area contributed by atoms with Gasteiger partial charge in [0.05, 0.1) is 4.90 Å². The predicted octanol–water partition coefficient (Wildman–Crippen LogP) is 2.89. The average molecular weight is 417 g/mol. The van der Waals surface area contributed by atoms with Crippen molar-refractivity contribution in [3.05, 3.63) is 59.2 Å². The summed E-state index contributed by atoms with van der Waals surface area (Å²) in [5.41, 5.74) is 2.76. The quantitative estimate of drug-likeness (QED) is 0.650. The second-order valence-electron chi connectivity index (χ2n) is 7.50. The Morgan fingerprint density at radius 1 is 1.00 bits per heavy atom. The fourth-order valence-corrected chi connectivity index (χ4v) is 5.00. The molecule has 2 aromatic rings. The van der Waals surface area contributed by atoms with Crippen LogP contribution in [0.1, 0.15) is 28.4 Å². The highest BCUT2D eigenvalue weighted by Gasteiger charge is 2.28. The highest BCUT2D eigenvalue weighted by molar-refractivity contribution is 7.89. The van der Waals surface area contributed by atoms with Crippen LogP contribution < -0.4 is 4.74 Å². The fraction of sp³-hybridized carbons (Fsp3) is 0.409. The Balaban J connectivity index is 1.53. The molecule has 0 saturated carbocycles. The number of rotatable bonds is 7. The minimum absolute atomic E-state index is 0.143. The van der Waals surface area contributed by atoms with E-state index in [0.29, 0.717) is 38.3 Å². The molecule has 1 heterocycles.